The second-order valence-electron chi connectivity index (χ2n) is 8.33. The molecular formula is C24H82Cl2Gd2Ge2N18S6. The van der Waals surface area contributed by atoms with E-state index in [1.54, 1.807) is 0 Å². The van der Waals surface area contributed by atoms with Gasteiger partial charge >= 0.3 is 123 Å². The molecule has 0 amide bonds. The molecule has 0 atom stereocenters. The number of nitrogens with two attached hydrogens (primary N) is 12. The molecule has 1 fully saturated rings. The second-order valence-corrected chi connectivity index (χ2v) is 32.3. The van der Waals surface area contributed by atoms with Crippen LogP contribution in [0.25, 0.3) is 0 Å². The number of hydrogen-bond acceptors (Lipinski definition) is 24. The van der Waals surface area contributed by atoms with E-state index in [4.69, 9.17) is 68.8 Å². The molecule has 54 heavy (non-hydrogen) atoms. The first-order valence-corrected chi connectivity index (χ1v) is 27.9. The van der Waals surface area contributed by atoms with Crippen LogP contribution in [-0.2, 0) is 54.0 Å². The van der Waals surface area contributed by atoms with Gasteiger partial charge in [0.05, 0.1) is 0 Å². The van der Waals surface area contributed by atoms with E-state index in [1.807, 2.05) is 0 Å². The summed E-state index contributed by atoms with van der Waals surface area (Å²) in [5, 5.41) is 18.2. The number of nitrogens with one attached hydrogen (secondary N) is 6. The zero-order chi connectivity index (χ0) is 36.0. The van der Waals surface area contributed by atoms with Crippen LogP contribution in [0.2, 0.25) is 0 Å². The summed E-state index contributed by atoms with van der Waals surface area (Å²) in [5.74, 6) is 0. The SMILES string of the molecule is NCCNCCN.NCCNCCN.NCCNCCN.NCCNCCN.NCCNCCN.NCCNCCN.[Cl-].[Cl-].[Gd+3].[Gd+3].[SH-].[SH-].[SH-].[SH-].[S]1[Ge][S][Ge]1. The molecule has 6 radical (unpaired) electrons. The second kappa shape index (κ2) is 124. The molecule has 1 rings (SSSR count). The first kappa shape index (κ1) is 98.5. The monoisotopic (exact) mass is 1350 g/mol. The molecule has 342 valence electrons. The fourth-order valence-electron chi connectivity index (χ4n) is 2.02. The van der Waals surface area contributed by atoms with Gasteiger partial charge in [0.2, 0.25) is 0 Å². The van der Waals surface area contributed by atoms with Crippen LogP contribution in [0.1, 0.15) is 0 Å². The third-order valence-electron chi connectivity index (χ3n) is 4.02. The summed E-state index contributed by atoms with van der Waals surface area (Å²) in [6.07, 6.45) is 0. The summed E-state index contributed by atoms with van der Waals surface area (Å²) >= 11 is 1.17. The average Bonchev–Trinajstić information content (AvgIpc) is 3.04. The molecule has 0 aromatic carbocycles. The Morgan fingerprint density at radius 2 is 0.333 bits per heavy atom. The topological polar surface area (TPSA) is 384 Å². The Hall–Kier alpha value is 5.70. The number of hydrogen-bond donors (Lipinski definition) is 18. The summed E-state index contributed by atoms with van der Waals surface area (Å²) in [6, 6.07) is 0. The molecule has 0 aromatic heterocycles. The average molecular weight is 1350 g/mol. The Morgan fingerprint density at radius 1 is 0.259 bits per heavy atom. The van der Waals surface area contributed by atoms with Crippen molar-refractivity contribution in [3.63, 3.8) is 0 Å². The quantitative estimate of drug-likeness (QED) is 0.0185. The van der Waals surface area contributed by atoms with Gasteiger partial charge in [-0.05, 0) is 0 Å². The van der Waals surface area contributed by atoms with Gasteiger partial charge in [-0.1, -0.05) is 0 Å². The van der Waals surface area contributed by atoms with E-state index in [-0.39, 0.29) is 159 Å². The Balaban J connectivity index is -0.0000000282. The van der Waals surface area contributed by atoms with Gasteiger partial charge in [0.25, 0.3) is 0 Å². The van der Waals surface area contributed by atoms with Gasteiger partial charge in [0.15, 0.2) is 0 Å². The van der Waals surface area contributed by atoms with Gasteiger partial charge in [-0.25, -0.2) is 0 Å². The summed E-state index contributed by atoms with van der Waals surface area (Å²) < 4.78 is 0. The standard InChI is InChI=1S/6C4H13N3.2ClH.2Gd.Ge2S2.4H2S/c6*5-1-3-7-4-2-6;;;;;1-3-2-4-1;;;;/h6*7H,1-6H2;2*1H;;;;4*1H2/q;;;;;;;;2*+3;;;;;/p-6. The van der Waals surface area contributed by atoms with Crippen LogP contribution in [0.15, 0.2) is 0 Å². The molecule has 1 aliphatic rings. The van der Waals surface area contributed by atoms with Crippen LogP contribution in [0.4, 0.5) is 0 Å². The van der Waals surface area contributed by atoms with Crippen molar-refractivity contribution in [3.05, 3.63) is 0 Å². The van der Waals surface area contributed by atoms with Crippen molar-refractivity contribution in [2.45, 2.75) is 0 Å². The molecule has 1 heterocycles. The van der Waals surface area contributed by atoms with Crippen molar-refractivity contribution in [1.29, 1.82) is 0 Å². The molecule has 0 aliphatic carbocycles. The molecule has 30 heteroatoms. The van der Waals surface area contributed by atoms with Crippen molar-refractivity contribution < 1.29 is 105 Å². The van der Waals surface area contributed by atoms with Crippen LogP contribution in [-0.4, -0.2) is 183 Å². The predicted octanol–water partition coefficient (Wildman–Crippen LogP) is -15.6. The van der Waals surface area contributed by atoms with Crippen LogP contribution in [0.5, 0.6) is 0 Å². The minimum atomic E-state index is 0. The molecule has 1 aliphatic heterocycles. The van der Waals surface area contributed by atoms with Crippen molar-refractivity contribution in [3.8, 4) is 0 Å². The normalized spacial score (nSPS) is 9.11. The molecule has 18 nitrogen and oxygen atoms in total. The van der Waals surface area contributed by atoms with Crippen molar-refractivity contribution >= 4 is 97.1 Å². The van der Waals surface area contributed by atoms with Gasteiger partial charge in [0.1, 0.15) is 0 Å². The van der Waals surface area contributed by atoms with Crippen molar-refractivity contribution in [2.75, 3.05) is 157 Å². The number of thiol groups is 4. The fraction of sp³-hybridized carbons (Fsp3) is 1.00. The molecular weight excluding hydrogens is 1260 g/mol. The summed E-state index contributed by atoms with van der Waals surface area (Å²) in [7, 11) is 4.50. The van der Waals surface area contributed by atoms with Crippen LogP contribution >= 0.6 is 16.8 Å². The molecule has 0 unspecified atom stereocenters. The van der Waals surface area contributed by atoms with E-state index in [2.05, 4.69) is 48.7 Å². The van der Waals surface area contributed by atoms with E-state index in [9.17, 15) is 0 Å². The minimum absolute atomic E-state index is 0. The van der Waals surface area contributed by atoms with Crippen molar-refractivity contribution in [1.82, 2.24) is 31.9 Å². The van der Waals surface area contributed by atoms with Crippen LogP contribution in [0, 0.1) is 79.9 Å². The Morgan fingerprint density at radius 3 is 0.370 bits per heavy atom. The predicted molar refractivity (Wildman–Crippen MR) is 248 cm³/mol. The van der Waals surface area contributed by atoms with E-state index in [0.29, 0.717) is 105 Å². The molecule has 0 saturated carbocycles. The molecule has 1 saturated heterocycles. The van der Waals surface area contributed by atoms with Gasteiger partial charge in [-0.2, -0.15) is 0 Å². The molecule has 0 aromatic rings. The van der Waals surface area contributed by atoms with Crippen molar-refractivity contribution in [2.24, 2.45) is 68.8 Å². The zero-order valence-corrected chi connectivity index (χ0v) is 47.4. The third kappa shape index (κ3) is 163. The maximum atomic E-state index is 5.17. The zero-order valence-electron chi connectivity index (χ0n) is 32.0. The first-order chi connectivity index (χ1) is 22.5. The summed E-state index contributed by atoms with van der Waals surface area (Å²) in [6.45, 7) is 18.8. The summed E-state index contributed by atoms with van der Waals surface area (Å²) in [4.78, 5) is 0. The van der Waals surface area contributed by atoms with E-state index in [0.717, 1.165) is 78.5 Å². The molecule has 0 spiro atoms. The summed E-state index contributed by atoms with van der Waals surface area (Å²) in [5.41, 5.74) is 62.0. The Bertz CT molecular complexity index is 341. The van der Waals surface area contributed by atoms with Crippen LogP contribution in [0.3, 0.4) is 0 Å². The van der Waals surface area contributed by atoms with E-state index >= 15 is 0 Å². The van der Waals surface area contributed by atoms with Gasteiger partial charge < -0.3 is 180 Å². The van der Waals surface area contributed by atoms with E-state index in [1.165, 1.54) is 0 Å². The van der Waals surface area contributed by atoms with E-state index < -0.39 is 0 Å². The Labute approximate surface area is 453 Å². The number of halogens is 2. The maximum absolute atomic E-state index is 5.17. The van der Waals surface area contributed by atoms with Gasteiger partial charge in [0, 0.05) is 157 Å². The Kier molecular flexibility index (Phi) is 226. The van der Waals surface area contributed by atoms with Crippen LogP contribution < -0.4 is 126 Å². The fourth-order valence-corrected chi connectivity index (χ4v) is 12.1. The van der Waals surface area contributed by atoms with Gasteiger partial charge in [-0.3, -0.25) is 0 Å². The third-order valence-corrected chi connectivity index (χ3v) is 44.4. The number of rotatable bonds is 24. The molecule has 30 N–H and O–H groups in total. The van der Waals surface area contributed by atoms with Gasteiger partial charge in [-0.15, -0.1) is 0 Å². The first-order valence-electron chi connectivity index (χ1n) is 16.0. The molecule has 0 bridgehead atoms.